The van der Waals surface area contributed by atoms with E-state index in [-0.39, 0.29) is 5.91 Å². The number of carbonyl (C=O) groups is 1. The van der Waals surface area contributed by atoms with Gasteiger partial charge in [-0.1, -0.05) is 37.1 Å². The average Bonchev–Trinajstić information content (AvgIpc) is 3.52. The smallest absolute Gasteiger partial charge is 0.264 e. The van der Waals surface area contributed by atoms with Gasteiger partial charge in [0.2, 0.25) is 5.91 Å². The fourth-order valence-electron chi connectivity index (χ4n) is 4.98. The van der Waals surface area contributed by atoms with Gasteiger partial charge in [-0.25, -0.2) is 8.42 Å². The topological polar surface area (TPSA) is 66.5 Å². The van der Waals surface area contributed by atoms with E-state index in [1.807, 2.05) is 35.7 Å². The van der Waals surface area contributed by atoms with Crippen molar-refractivity contribution in [3.63, 3.8) is 0 Å². The third-order valence-electron chi connectivity index (χ3n) is 6.63. The van der Waals surface area contributed by atoms with Crippen molar-refractivity contribution in [2.45, 2.75) is 48.8 Å². The van der Waals surface area contributed by atoms with Crippen molar-refractivity contribution in [3.05, 3.63) is 76.5 Å². The van der Waals surface area contributed by atoms with Crippen LogP contribution in [0.5, 0.6) is 0 Å². The van der Waals surface area contributed by atoms with Crippen LogP contribution in [-0.2, 0) is 26.7 Å². The van der Waals surface area contributed by atoms with Crippen molar-refractivity contribution in [3.8, 4) is 0 Å². The lowest BCUT2D eigenvalue weighted by Crippen LogP contribution is -2.37. The number of rotatable bonds is 5. The summed E-state index contributed by atoms with van der Waals surface area (Å²) in [7, 11) is -3.62. The van der Waals surface area contributed by atoms with Gasteiger partial charge in [-0.2, -0.15) is 0 Å². The molecule has 1 amide bonds. The molecule has 1 N–H and O–H groups in total. The van der Waals surface area contributed by atoms with Crippen molar-refractivity contribution in [1.82, 2.24) is 0 Å². The maximum Gasteiger partial charge on any atom is 0.264 e. The van der Waals surface area contributed by atoms with E-state index in [9.17, 15) is 13.2 Å². The number of anilines is 2. The summed E-state index contributed by atoms with van der Waals surface area (Å²) < 4.78 is 27.9. The van der Waals surface area contributed by atoms with E-state index < -0.39 is 15.4 Å². The molecule has 2 aliphatic rings. The van der Waals surface area contributed by atoms with Crippen molar-refractivity contribution in [1.29, 1.82) is 0 Å². The van der Waals surface area contributed by atoms with Crippen LogP contribution in [0.4, 0.5) is 11.4 Å². The van der Waals surface area contributed by atoms with Gasteiger partial charge in [0, 0.05) is 17.1 Å². The minimum Gasteiger partial charge on any atom is -0.325 e. The molecule has 0 radical (unpaired) electrons. The van der Waals surface area contributed by atoms with Crippen LogP contribution in [0.2, 0.25) is 0 Å². The molecule has 1 aliphatic heterocycles. The van der Waals surface area contributed by atoms with Crippen LogP contribution in [0.25, 0.3) is 0 Å². The lowest BCUT2D eigenvalue weighted by molar-refractivity contribution is -0.121. The van der Waals surface area contributed by atoms with Gasteiger partial charge in [-0.15, -0.1) is 11.3 Å². The number of amides is 1. The molecule has 1 aliphatic carbocycles. The summed E-state index contributed by atoms with van der Waals surface area (Å²) >= 11 is 1.65. The molecule has 166 valence electrons. The minimum atomic E-state index is -3.62. The van der Waals surface area contributed by atoms with Crippen LogP contribution in [0.3, 0.4) is 0 Å². The molecular formula is C25H26N2O3S2. The highest BCUT2D eigenvalue weighted by Gasteiger charge is 2.43. The van der Waals surface area contributed by atoms with E-state index in [1.165, 1.54) is 4.31 Å². The fourth-order valence-corrected chi connectivity index (χ4v) is 7.52. The standard InChI is InChI=1S/C25H26N2O3S2/c28-24(25(14-4-5-15-25)23-11-7-17-31-23)26-20-12-13-22-19(18-20)8-6-16-27(22)32(29,30)21-9-2-1-3-10-21/h1-3,7,9-13,17-18H,4-6,8,14-16H2,(H,26,28). The van der Waals surface area contributed by atoms with E-state index in [0.29, 0.717) is 17.1 Å². The highest BCUT2D eigenvalue weighted by Crippen LogP contribution is 2.44. The Bertz CT molecular complexity index is 1220. The quantitative estimate of drug-likeness (QED) is 0.552. The summed E-state index contributed by atoms with van der Waals surface area (Å²) in [6, 6.07) is 18.2. The summed E-state index contributed by atoms with van der Waals surface area (Å²) in [6.07, 6.45) is 5.38. The molecule has 5 rings (SSSR count). The molecule has 2 aromatic carbocycles. The van der Waals surface area contributed by atoms with Gasteiger partial charge in [-0.3, -0.25) is 9.10 Å². The molecule has 0 bridgehead atoms. The SMILES string of the molecule is O=C(Nc1ccc2c(c1)CCCN2S(=O)(=O)c1ccccc1)C1(c2cccs2)CCCC1. The Morgan fingerprint density at radius 3 is 2.47 bits per heavy atom. The molecule has 5 nitrogen and oxygen atoms in total. The summed E-state index contributed by atoms with van der Waals surface area (Å²) in [6.45, 7) is 0.456. The third-order valence-corrected chi connectivity index (χ3v) is 9.53. The molecule has 1 saturated carbocycles. The molecule has 0 saturated heterocycles. The zero-order chi connectivity index (χ0) is 22.2. The molecule has 7 heteroatoms. The molecule has 0 atom stereocenters. The number of sulfonamides is 1. The van der Waals surface area contributed by atoms with Gasteiger partial charge >= 0.3 is 0 Å². The summed E-state index contributed by atoms with van der Waals surface area (Å²) in [4.78, 5) is 14.8. The molecule has 3 aromatic rings. The summed E-state index contributed by atoms with van der Waals surface area (Å²) in [5.74, 6) is 0.0435. The Hall–Kier alpha value is -2.64. The van der Waals surface area contributed by atoms with Crippen molar-refractivity contribution < 1.29 is 13.2 Å². The average molecular weight is 467 g/mol. The number of nitrogens with one attached hydrogen (secondary N) is 1. The number of thiophene rings is 1. The molecule has 2 heterocycles. The van der Waals surface area contributed by atoms with E-state index in [2.05, 4.69) is 11.4 Å². The van der Waals surface area contributed by atoms with Crippen molar-refractivity contribution in [2.75, 3.05) is 16.2 Å². The predicted molar refractivity (Wildman–Crippen MR) is 129 cm³/mol. The minimum absolute atomic E-state index is 0.0435. The predicted octanol–water partition coefficient (Wildman–Crippen LogP) is 5.34. The van der Waals surface area contributed by atoms with E-state index in [4.69, 9.17) is 0 Å². The normalized spacial score (nSPS) is 17.7. The van der Waals surface area contributed by atoms with E-state index in [1.54, 1.807) is 35.6 Å². The first-order valence-corrected chi connectivity index (χ1v) is 13.4. The van der Waals surface area contributed by atoms with E-state index >= 15 is 0 Å². The highest BCUT2D eigenvalue weighted by atomic mass is 32.2. The number of hydrogen-bond acceptors (Lipinski definition) is 4. The molecule has 1 aromatic heterocycles. The van der Waals surface area contributed by atoms with Crippen molar-refractivity contribution in [2.24, 2.45) is 0 Å². The van der Waals surface area contributed by atoms with Gasteiger partial charge in [0.1, 0.15) is 0 Å². The number of carbonyl (C=O) groups excluding carboxylic acids is 1. The van der Waals surface area contributed by atoms with Crippen LogP contribution >= 0.6 is 11.3 Å². The first kappa shape index (κ1) is 21.2. The zero-order valence-corrected chi connectivity index (χ0v) is 19.4. The van der Waals surface area contributed by atoms with Crippen LogP contribution in [0, 0.1) is 0 Å². The largest absolute Gasteiger partial charge is 0.325 e. The number of benzene rings is 2. The van der Waals surface area contributed by atoms with Crippen LogP contribution in [0.1, 0.15) is 42.5 Å². The highest BCUT2D eigenvalue weighted by molar-refractivity contribution is 7.92. The molecule has 0 unspecified atom stereocenters. The molecule has 32 heavy (non-hydrogen) atoms. The second kappa shape index (κ2) is 8.37. The van der Waals surface area contributed by atoms with E-state index in [0.717, 1.165) is 54.7 Å². The second-order valence-corrected chi connectivity index (χ2v) is 11.4. The Labute approximate surface area is 193 Å². The van der Waals surface area contributed by atoms with Crippen molar-refractivity contribution >= 4 is 38.6 Å². The Morgan fingerprint density at radius 2 is 1.75 bits per heavy atom. The van der Waals surface area contributed by atoms with Crippen LogP contribution in [0.15, 0.2) is 70.9 Å². The number of nitrogens with zero attached hydrogens (tertiary/aromatic N) is 1. The molecular weight excluding hydrogens is 440 g/mol. The van der Waals surface area contributed by atoms with Gasteiger partial charge < -0.3 is 5.32 Å². The Balaban J connectivity index is 1.42. The third kappa shape index (κ3) is 3.63. The molecule has 1 fully saturated rings. The van der Waals surface area contributed by atoms with Crippen LogP contribution < -0.4 is 9.62 Å². The number of hydrogen-bond donors (Lipinski definition) is 1. The number of fused-ring (bicyclic) bond motifs is 1. The number of aryl methyl sites for hydroxylation is 1. The lowest BCUT2D eigenvalue weighted by atomic mass is 9.83. The van der Waals surface area contributed by atoms with Crippen LogP contribution in [-0.4, -0.2) is 20.9 Å². The second-order valence-electron chi connectivity index (χ2n) is 8.56. The Morgan fingerprint density at radius 1 is 0.969 bits per heavy atom. The molecule has 0 spiro atoms. The maximum absolute atomic E-state index is 13.4. The summed E-state index contributed by atoms with van der Waals surface area (Å²) in [5, 5.41) is 5.18. The zero-order valence-electron chi connectivity index (χ0n) is 17.8. The van der Waals surface area contributed by atoms with Gasteiger partial charge in [0.15, 0.2) is 0 Å². The maximum atomic E-state index is 13.4. The first-order valence-electron chi connectivity index (χ1n) is 11.1. The lowest BCUT2D eigenvalue weighted by Gasteiger charge is -2.31. The Kier molecular flexibility index (Phi) is 5.55. The van der Waals surface area contributed by atoms with Gasteiger partial charge in [0.25, 0.3) is 10.0 Å². The van der Waals surface area contributed by atoms with Gasteiger partial charge in [-0.05, 0) is 73.0 Å². The monoisotopic (exact) mass is 466 g/mol. The fraction of sp³-hybridized carbons (Fsp3) is 0.320. The first-order chi connectivity index (χ1) is 15.5. The van der Waals surface area contributed by atoms with Gasteiger partial charge in [0.05, 0.1) is 16.0 Å². The summed E-state index contributed by atoms with van der Waals surface area (Å²) in [5.41, 5.74) is 1.93.